The van der Waals surface area contributed by atoms with Crippen molar-refractivity contribution in [3.63, 3.8) is 0 Å². The Morgan fingerprint density at radius 2 is 1.21 bits per heavy atom. The average molecular weight is 421 g/mol. The van der Waals surface area contributed by atoms with Crippen molar-refractivity contribution in [2.45, 2.75) is 57.1 Å². The van der Waals surface area contributed by atoms with Crippen molar-refractivity contribution in [1.29, 1.82) is 0 Å². The second-order valence-electron chi connectivity index (χ2n) is 7.48. The number of halogens is 2. The Balaban J connectivity index is 2.11. The molecule has 0 N–H and O–H groups in total. The zero-order valence-electron chi connectivity index (χ0n) is 17.3. The molecule has 28 heavy (non-hydrogen) atoms. The summed E-state index contributed by atoms with van der Waals surface area (Å²) in [6.45, 7) is 8.58. The lowest BCUT2D eigenvalue weighted by atomic mass is 10.2. The van der Waals surface area contributed by atoms with E-state index in [1.54, 1.807) is 0 Å². The van der Waals surface area contributed by atoms with Gasteiger partial charge in [-0.1, -0.05) is 111 Å². The van der Waals surface area contributed by atoms with E-state index in [9.17, 15) is 0 Å². The molecule has 0 saturated carbocycles. The van der Waals surface area contributed by atoms with Crippen LogP contribution in [0.3, 0.4) is 0 Å². The van der Waals surface area contributed by atoms with Gasteiger partial charge in [-0.3, -0.25) is 9.80 Å². The molecule has 154 valence electrons. The van der Waals surface area contributed by atoms with E-state index in [-0.39, 0.29) is 0 Å². The van der Waals surface area contributed by atoms with Crippen molar-refractivity contribution in [3.8, 4) is 0 Å². The second kappa shape index (κ2) is 12.5. The van der Waals surface area contributed by atoms with Crippen LogP contribution in [0.1, 0.15) is 50.7 Å². The molecule has 0 aromatic heterocycles. The van der Waals surface area contributed by atoms with E-state index < -0.39 is 4.46 Å². The Kier molecular flexibility index (Phi) is 10.4. The highest BCUT2D eigenvalue weighted by Gasteiger charge is 2.34. The van der Waals surface area contributed by atoms with Gasteiger partial charge in [0.1, 0.15) is 0 Å². The molecule has 0 fully saturated rings. The van der Waals surface area contributed by atoms with Gasteiger partial charge in [-0.2, -0.15) is 0 Å². The zero-order valence-corrected chi connectivity index (χ0v) is 18.8. The minimum absolute atomic E-state index is 0.627. The maximum absolute atomic E-state index is 6.98. The van der Waals surface area contributed by atoms with E-state index in [1.165, 1.54) is 11.1 Å². The summed E-state index contributed by atoms with van der Waals surface area (Å²) in [5, 5.41) is 0. The molecule has 0 aliphatic rings. The normalized spacial score (nSPS) is 12.1. The summed E-state index contributed by atoms with van der Waals surface area (Å²) in [7, 11) is 0. The number of nitrogens with zero attached hydrogens (tertiary/aromatic N) is 2. The molecule has 2 aromatic carbocycles. The van der Waals surface area contributed by atoms with Crippen molar-refractivity contribution < 1.29 is 0 Å². The first-order valence-corrected chi connectivity index (χ1v) is 11.2. The van der Waals surface area contributed by atoms with E-state index in [0.717, 1.165) is 51.9 Å². The molecule has 0 heterocycles. The molecule has 0 atom stereocenters. The molecule has 0 unspecified atom stereocenters. The van der Waals surface area contributed by atoms with Gasteiger partial charge in [0.15, 0.2) is 4.46 Å². The highest BCUT2D eigenvalue weighted by Crippen LogP contribution is 2.30. The van der Waals surface area contributed by atoms with Crippen LogP contribution in [0, 0.1) is 0 Å². The number of unbranched alkanes of at least 4 members (excludes halogenated alkanes) is 2. The first-order valence-electron chi connectivity index (χ1n) is 10.5. The van der Waals surface area contributed by atoms with E-state index in [0.29, 0.717) is 6.54 Å². The van der Waals surface area contributed by atoms with Crippen LogP contribution in [0.25, 0.3) is 0 Å². The quantitative estimate of drug-likeness (QED) is 0.262. The fourth-order valence-electron chi connectivity index (χ4n) is 3.32. The van der Waals surface area contributed by atoms with Crippen molar-refractivity contribution in [2.24, 2.45) is 0 Å². The Labute approximate surface area is 181 Å². The Bertz CT molecular complexity index is 646. The summed E-state index contributed by atoms with van der Waals surface area (Å²) >= 11 is 14.0. The van der Waals surface area contributed by atoms with E-state index in [1.807, 2.05) is 6.07 Å². The lowest BCUT2D eigenvalue weighted by Crippen LogP contribution is -2.48. The second-order valence-corrected chi connectivity index (χ2v) is 8.92. The lowest BCUT2D eigenvalue weighted by molar-refractivity contribution is 0.145. The number of hydrogen-bond donors (Lipinski definition) is 0. The summed E-state index contributed by atoms with van der Waals surface area (Å²) in [6.07, 6.45) is 4.51. The fourth-order valence-corrected chi connectivity index (χ4v) is 3.94. The zero-order chi connectivity index (χ0) is 20.2. The first-order chi connectivity index (χ1) is 13.5. The molecule has 0 radical (unpaired) electrons. The molecule has 0 spiro atoms. The van der Waals surface area contributed by atoms with Gasteiger partial charge in [0.2, 0.25) is 0 Å². The van der Waals surface area contributed by atoms with Gasteiger partial charge in [-0.25, -0.2) is 0 Å². The standard InChI is InChI=1S/C24H34Cl2N2/c1-3-5-17-27(19-22-13-9-7-10-14-22)21-24(25,26)28(18-6-4-2)20-23-15-11-8-12-16-23/h7-16H,3-6,17-21H2,1-2H3. The SMILES string of the molecule is CCCCN(Cc1ccccc1)CC(Cl)(Cl)N(CCCC)Cc1ccccc1. The first kappa shape index (κ1) is 23.2. The van der Waals surface area contributed by atoms with E-state index in [4.69, 9.17) is 23.2 Å². The van der Waals surface area contributed by atoms with E-state index in [2.05, 4.69) is 78.2 Å². The van der Waals surface area contributed by atoms with Gasteiger partial charge in [0, 0.05) is 26.2 Å². The summed E-state index contributed by atoms with van der Waals surface area (Å²) in [6, 6.07) is 21.0. The fraction of sp³-hybridized carbons (Fsp3) is 0.500. The molecule has 0 aliphatic carbocycles. The van der Waals surface area contributed by atoms with Gasteiger partial charge in [0.05, 0.1) is 0 Å². The topological polar surface area (TPSA) is 6.48 Å². The van der Waals surface area contributed by atoms with Crippen LogP contribution in [0.5, 0.6) is 0 Å². The minimum Gasteiger partial charge on any atom is -0.295 e. The molecular weight excluding hydrogens is 387 g/mol. The van der Waals surface area contributed by atoms with Crippen LogP contribution >= 0.6 is 23.2 Å². The highest BCUT2D eigenvalue weighted by molar-refractivity contribution is 6.48. The maximum atomic E-state index is 6.98. The molecular formula is C24H34Cl2N2. The molecule has 0 amide bonds. The van der Waals surface area contributed by atoms with Gasteiger partial charge < -0.3 is 0 Å². The Morgan fingerprint density at radius 3 is 1.75 bits per heavy atom. The van der Waals surface area contributed by atoms with Crippen LogP contribution in [0.2, 0.25) is 0 Å². The van der Waals surface area contributed by atoms with Gasteiger partial charge in [-0.05, 0) is 30.5 Å². The smallest absolute Gasteiger partial charge is 0.184 e. The largest absolute Gasteiger partial charge is 0.295 e. The predicted octanol–water partition coefficient (Wildman–Crippen LogP) is 6.72. The number of benzene rings is 2. The third-order valence-corrected chi connectivity index (χ3v) is 5.67. The summed E-state index contributed by atoms with van der Waals surface area (Å²) < 4.78 is -0.923. The van der Waals surface area contributed by atoms with Crippen LogP contribution in [-0.2, 0) is 13.1 Å². The molecule has 0 saturated heterocycles. The molecule has 0 bridgehead atoms. The average Bonchev–Trinajstić information content (AvgIpc) is 2.70. The monoisotopic (exact) mass is 420 g/mol. The number of rotatable bonds is 13. The summed E-state index contributed by atoms with van der Waals surface area (Å²) in [5.41, 5.74) is 2.54. The Hall–Kier alpha value is -1.06. The number of hydrogen-bond acceptors (Lipinski definition) is 2. The molecule has 4 heteroatoms. The van der Waals surface area contributed by atoms with Crippen molar-refractivity contribution >= 4 is 23.2 Å². The van der Waals surface area contributed by atoms with Crippen molar-refractivity contribution in [3.05, 3.63) is 71.8 Å². The number of alkyl halides is 2. The Morgan fingerprint density at radius 1 is 0.714 bits per heavy atom. The van der Waals surface area contributed by atoms with Crippen molar-refractivity contribution in [1.82, 2.24) is 9.80 Å². The molecule has 2 nitrogen and oxygen atoms in total. The predicted molar refractivity (Wildman–Crippen MR) is 123 cm³/mol. The van der Waals surface area contributed by atoms with Crippen LogP contribution in [0.15, 0.2) is 60.7 Å². The van der Waals surface area contributed by atoms with Gasteiger partial charge >= 0.3 is 0 Å². The van der Waals surface area contributed by atoms with Crippen LogP contribution in [-0.4, -0.2) is 33.9 Å². The highest BCUT2D eigenvalue weighted by atomic mass is 35.5. The van der Waals surface area contributed by atoms with Gasteiger partial charge in [-0.15, -0.1) is 0 Å². The summed E-state index contributed by atoms with van der Waals surface area (Å²) in [4.78, 5) is 4.61. The molecule has 2 aromatic rings. The van der Waals surface area contributed by atoms with Crippen molar-refractivity contribution in [2.75, 3.05) is 19.6 Å². The van der Waals surface area contributed by atoms with Gasteiger partial charge in [0.25, 0.3) is 0 Å². The van der Waals surface area contributed by atoms with Crippen LogP contribution in [0.4, 0.5) is 0 Å². The summed E-state index contributed by atoms with van der Waals surface area (Å²) in [5.74, 6) is 0. The van der Waals surface area contributed by atoms with Crippen LogP contribution < -0.4 is 0 Å². The lowest BCUT2D eigenvalue weighted by Gasteiger charge is -2.38. The third-order valence-electron chi connectivity index (χ3n) is 4.95. The third kappa shape index (κ3) is 8.13. The molecule has 0 aliphatic heterocycles. The van der Waals surface area contributed by atoms with E-state index >= 15 is 0 Å². The minimum atomic E-state index is -0.923. The molecule has 2 rings (SSSR count). The maximum Gasteiger partial charge on any atom is 0.184 e.